The Morgan fingerprint density at radius 2 is 2.00 bits per heavy atom. The van der Waals surface area contributed by atoms with Gasteiger partial charge in [0.05, 0.1) is 4.92 Å². The first kappa shape index (κ1) is 8.61. The first-order valence-corrected chi connectivity index (χ1v) is 3.43. The number of nitrogens with zero attached hydrogens (tertiary/aromatic N) is 1. The third-order valence-corrected chi connectivity index (χ3v) is 1.29. The van der Waals surface area contributed by atoms with E-state index in [0.29, 0.717) is 5.75 Å². The van der Waals surface area contributed by atoms with E-state index in [4.69, 9.17) is 0 Å². The van der Waals surface area contributed by atoms with Crippen LogP contribution in [0, 0.1) is 10.1 Å². The molecule has 0 saturated carbocycles. The van der Waals surface area contributed by atoms with Crippen LogP contribution in [0.15, 0.2) is 24.3 Å². The molecule has 0 atom stereocenters. The molecule has 0 aromatic heterocycles. The molecule has 12 heavy (non-hydrogen) atoms. The van der Waals surface area contributed by atoms with E-state index in [0.717, 1.165) is 0 Å². The molecule has 1 aromatic carbocycles. The first-order valence-electron chi connectivity index (χ1n) is 3.02. The summed E-state index contributed by atoms with van der Waals surface area (Å²) in [7, 11) is 0. The Balaban J connectivity index is 2.85. The van der Waals surface area contributed by atoms with E-state index in [1.807, 2.05) is 5.55 Å². The number of thiocarbonyl (C=S) groups is 1. The van der Waals surface area contributed by atoms with Gasteiger partial charge >= 0.3 is 0 Å². The quantitative estimate of drug-likeness (QED) is 0.406. The van der Waals surface area contributed by atoms with Crippen molar-refractivity contribution < 1.29 is 9.66 Å². The van der Waals surface area contributed by atoms with Crippen molar-refractivity contribution in [2.24, 2.45) is 0 Å². The number of nitro benzene ring substituents is 1. The van der Waals surface area contributed by atoms with Crippen LogP contribution in [0.4, 0.5) is 5.69 Å². The van der Waals surface area contributed by atoms with E-state index >= 15 is 0 Å². The molecule has 0 amide bonds. The minimum atomic E-state index is -0.481. The van der Waals surface area contributed by atoms with Crippen LogP contribution in [-0.2, 0) is 0 Å². The van der Waals surface area contributed by atoms with Crippen molar-refractivity contribution in [2.75, 3.05) is 0 Å². The van der Waals surface area contributed by atoms with Gasteiger partial charge in [-0.1, -0.05) is 0 Å². The van der Waals surface area contributed by atoms with Gasteiger partial charge in [-0.25, -0.2) is 0 Å². The highest BCUT2D eigenvalue weighted by Gasteiger charge is 2.03. The van der Waals surface area contributed by atoms with E-state index in [9.17, 15) is 10.1 Å². The molecule has 1 aromatic rings. The Kier molecular flexibility index (Phi) is 2.71. The smallest absolute Gasteiger partial charge is 0.269 e. The van der Waals surface area contributed by atoms with Crippen molar-refractivity contribution in [2.45, 2.75) is 0 Å². The molecule has 61 valence electrons. The zero-order valence-electron chi connectivity index (χ0n) is 5.89. The van der Waals surface area contributed by atoms with Gasteiger partial charge in [0.15, 0.2) is 0 Å². The van der Waals surface area contributed by atoms with Crippen LogP contribution >= 0.6 is 12.2 Å². The van der Waals surface area contributed by atoms with Crippen molar-refractivity contribution in [3.63, 3.8) is 0 Å². The summed E-state index contributed by atoms with van der Waals surface area (Å²) < 4.78 is 4.68. The van der Waals surface area contributed by atoms with Gasteiger partial charge in [0, 0.05) is 12.1 Å². The van der Waals surface area contributed by atoms with Gasteiger partial charge in [0.25, 0.3) is 5.69 Å². The maximum absolute atomic E-state index is 10.2. The van der Waals surface area contributed by atoms with Crippen LogP contribution < -0.4 is 4.74 Å². The standard InChI is InChI=1S/C7H4NO3S/c9-8(10)6-1-3-7(4-2-6)11-5-12/h1-4H. The SMILES string of the molecule is O=[N+]([O-])c1ccc(O[C]=S)cc1. The Morgan fingerprint density at radius 1 is 1.42 bits per heavy atom. The second-order valence-electron chi connectivity index (χ2n) is 1.94. The maximum Gasteiger partial charge on any atom is 0.269 e. The van der Waals surface area contributed by atoms with Crippen LogP contribution in [0.2, 0.25) is 0 Å². The van der Waals surface area contributed by atoms with E-state index < -0.39 is 4.92 Å². The fourth-order valence-corrected chi connectivity index (χ4v) is 0.780. The molecule has 1 rings (SSSR count). The molecular formula is C7H4NO3S. The van der Waals surface area contributed by atoms with E-state index in [1.165, 1.54) is 24.3 Å². The number of nitro groups is 1. The summed E-state index contributed by atoms with van der Waals surface area (Å²) in [4.78, 5) is 9.72. The normalized spacial score (nSPS) is 9.00. The number of hydrogen-bond acceptors (Lipinski definition) is 4. The van der Waals surface area contributed by atoms with Gasteiger partial charge < -0.3 is 4.74 Å². The molecule has 5 heteroatoms. The molecule has 0 fully saturated rings. The summed E-state index contributed by atoms with van der Waals surface area (Å²) in [5.41, 5.74) is 2.07. The Bertz CT molecular complexity index is 296. The highest BCUT2D eigenvalue weighted by atomic mass is 32.1. The minimum absolute atomic E-state index is 0.0201. The molecule has 0 saturated heterocycles. The number of ether oxygens (including phenoxy) is 1. The molecule has 0 N–H and O–H groups in total. The fraction of sp³-hybridized carbons (Fsp3) is 0. The second-order valence-corrected chi connectivity index (χ2v) is 2.10. The van der Waals surface area contributed by atoms with Crippen LogP contribution in [0.25, 0.3) is 0 Å². The van der Waals surface area contributed by atoms with Crippen LogP contribution in [0.1, 0.15) is 0 Å². The topological polar surface area (TPSA) is 52.4 Å². The van der Waals surface area contributed by atoms with Crippen molar-refractivity contribution in [1.29, 1.82) is 0 Å². The average Bonchev–Trinajstić information content (AvgIpc) is 2.06. The summed E-state index contributed by atoms with van der Waals surface area (Å²) in [6.07, 6.45) is 0. The largest absolute Gasteiger partial charge is 0.441 e. The molecule has 0 spiro atoms. The number of benzene rings is 1. The van der Waals surface area contributed by atoms with Crippen molar-refractivity contribution >= 4 is 23.5 Å². The monoisotopic (exact) mass is 182 g/mol. The molecular weight excluding hydrogens is 178 g/mol. The number of non-ortho nitro benzene ring substituents is 1. The minimum Gasteiger partial charge on any atom is -0.441 e. The van der Waals surface area contributed by atoms with Crippen molar-refractivity contribution in [1.82, 2.24) is 0 Å². The lowest BCUT2D eigenvalue weighted by Gasteiger charge is -1.95. The molecule has 0 aliphatic rings. The molecule has 0 unspecified atom stereocenters. The Morgan fingerprint density at radius 3 is 2.42 bits per heavy atom. The lowest BCUT2D eigenvalue weighted by molar-refractivity contribution is -0.384. The van der Waals surface area contributed by atoms with Gasteiger partial charge in [0.2, 0.25) is 5.55 Å². The average molecular weight is 182 g/mol. The molecule has 0 aliphatic heterocycles. The fourth-order valence-electron chi connectivity index (χ4n) is 0.684. The highest BCUT2D eigenvalue weighted by molar-refractivity contribution is 7.78. The van der Waals surface area contributed by atoms with Crippen LogP contribution in [0.3, 0.4) is 0 Å². The summed E-state index contributed by atoms with van der Waals surface area (Å²) in [5, 5.41) is 10.2. The first-order chi connectivity index (χ1) is 5.74. The molecule has 0 heterocycles. The van der Waals surface area contributed by atoms with E-state index in [1.54, 1.807) is 0 Å². The zero-order valence-corrected chi connectivity index (χ0v) is 6.71. The summed E-state index contributed by atoms with van der Waals surface area (Å²) >= 11 is 4.31. The Labute approximate surface area is 73.9 Å². The summed E-state index contributed by atoms with van der Waals surface area (Å²) in [5.74, 6) is 0.440. The highest BCUT2D eigenvalue weighted by Crippen LogP contribution is 2.16. The summed E-state index contributed by atoms with van der Waals surface area (Å²) in [6.45, 7) is 0. The van der Waals surface area contributed by atoms with Gasteiger partial charge in [-0.2, -0.15) is 0 Å². The van der Waals surface area contributed by atoms with Gasteiger partial charge in [-0.3, -0.25) is 10.1 Å². The number of hydrogen-bond donors (Lipinski definition) is 0. The van der Waals surface area contributed by atoms with E-state index in [2.05, 4.69) is 17.0 Å². The third-order valence-electron chi connectivity index (χ3n) is 1.21. The molecule has 0 aliphatic carbocycles. The van der Waals surface area contributed by atoms with Gasteiger partial charge in [-0.05, 0) is 24.4 Å². The molecule has 1 radical (unpaired) electrons. The predicted octanol–water partition coefficient (Wildman–Crippen LogP) is 1.81. The molecule has 4 nitrogen and oxygen atoms in total. The predicted molar refractivity (Wildman–Crippen MR) is 46.3 cm³/mol. The summed E-state index contributed by atoms with van der Waals surface area (Å²) in [6, 6.07) is 5.58. The Hall–Kier alpha value is -1.49. The van der Waals surface area contributed by atoms with Crippen LogP contribution in [-0.4, -0.2) is 10.5 Å². The third kappa shape index (κ3) is 2.00. The van der Waals surface area contributed by atoms with Crippen LogP contribution in [0.5, 0.6) is 5.75 Å². The zero-order chi connectivity index (χ0) is 8.97. The lowest BCUT2D eigenvalue weighted by Crippen LogP contribution is -1.89. The van der Waals surface area contributed by atoms with Gasteiger partial charge in [-0.15, -0.1) is 0 Å². The molecule has 0 bridgehead atoms. The lowest BCUT2D eigenvalue weighted by atomic mass is 10.3. The second kappa shape index (κ2) is 3.77. The van der Waals surface area contributed by atoms with Gasteiger partial charge in [0.1, 0.15) is 5.75 Å². The van der Waals surface area contributed by atoms with Crippen molar-refractivity contribution in [3.05, 3.63) is 34.4 Å². The van der Waals surface area contributed by atoms with E-state index in [-0.39, 0.29) is 5.69 Å². The number of rotatable bonds is 3. The maximum atomic E-state index is 10.2. The van der Waals surface area contributed by atoms with Crippen molar-refractivity contribution in [3.8, 4) is 5.75 Å².